The lowest BCUT2D eigenvalue weighted by molar-refractivity contribution is 0.0845. The van der Waals surface area contributed by atoms with Gasteiger partial charge in [0.2, 0.25) is 0 Å². The van der Waals surface area contributed by atoms with Gasteiger partial charge in [-0.2, -0.15) is 0 Å². The zero-order chi connectivity index (χ0) is 13.7. The number of aldehydes is 1. The minimum absolute atomic E-state index is 0.142. The minimum Gasteiger partial charge on any atom is -0.490 e. The van der Waals surface area contributed by atoms with E-state index in [0.29, 0.717) is 18.0 Å². The number of aliphatic hydroxyl groups excluding tert-OH is 1. The maximum absolute atomic E-state index is 12.9. The van der Waals surface area contributed by atoms with Gasteiger partial charge in [0.25, 0.3) is 0 Å². The van der Waals surface area contributed by atoms with Crippen LogP contribution in [0.15, 0.2) is 18.2 Å². The Bertz CT molecular complexity index is 427. The van der Waals surface area contributed by atoms with E-state index in [-0.39, 0.29) is 12.2 Å². The van der Waals surface area contributed by atoms with Gasteiger partial charge in [-0.05, 0) is 30.5 Å². The van der Waals surface area contributed by atoms with Gasteiger partial charge in [-0.3, -0.25) is 4.79 Å². The molecule has 0 amide bonds. The molecule has 0 spiro atoms. The van der Waals surface area contributed by atoms with E-state index in [1.807, 2.05) is 0 Å². The summed E-state index contributed by atoms with van der Waals surface area (Å²) in [6.45, 7) is 0.142. The van der Waals surface area contributed by atoms with Crippen LogP contribution in [0.3, 0.4) is 0 Å². The highest BCUT2D eigenvalue weighted by atomic mass is 19.1. The molecule has 0 aromatic heterocycles. The van der Waals surface area contributed by atoms with E-state index in [4.69, 9.17) is 4.74 Å². The molecule has 19 heavy (non-hydrogen) atoms. The Labute approximate surface area is 112 Å². The highest BCUT2D eigenvalue weighted by Crippen LogP contribution is 2.28. The van der Waals surface area contributed by atoms with Gasteiger partial charge in [0, 0.05) is 0 Å². The number of rotatable bonds is 6. The number of hydrogen-bond acceptors (Lipinski definition) is 3. The Kier molecular flexibility index (Phi) is 4.91. The van der Waals surface area contributed by atoms with Gasteiger partial charge < -0.3 is 9.84 Å². The molecule has 1 aliphatic rings. The first-order chi connectivity index (χ1) is 9.19. The third-order valence-corrected chi connectivity index (χ3v) is 3.61. The Balaban J connectivity index is 1.85. The lowest BCUT2D eigenvalue weighted by Crippen LogP contribution is -2.20. The third-order valence-electron chi connectivity index (χ3n) is 3.61. The molecule has 1 N–H and O–H groups in total. The number of carbonyl (C=O) groups is 1. The zero-order valence-corrected chi connectivity index (χ0v) is 10.8. The lowest BCUT2D eigenvalue weighted by Gasteiger charge is -2.16. The smallest absolute Gasteiger partial charge is 0.153 e. The van der Waals surface area contributed by atoms with Crippen molar-refractivity contribution < 1.29 is 19.0 Å². The number of ether oxygens (including phenoxy) is 1. The summed E-state index contributed by atoms with van der Waals surface area (Å²) >= 11 is 0. The first-order valence-electron chi connectivity index (χ1n) is 6.74. The molecule has 1 saturated carbocycles. The minimum atomic E-state index is -0.535. The molecule has 0 heterocycles. The maximum atomic E-state index is 12.9. The normalized spacial score (nSPS) is 17.4. The SMILES string of the molecule is O=Cc1cc(F)ccc1OCC(O)CC1CCCC1. The van der Waals surface area contributed by atoms with Gasteiger partial charge in [0.1, 0.15) is 18.2 Å². The fourth-order valence-electron chi connectivity index (χ4n) is 2.63. The molecule has 104 valence electrons. The van der Waals surface area contributed by atoms with Crippen LogP contribution in [0.25, 0.3) is 0 Å². The summed E-state index contributed by atoms with van der Waals surface area (Å²) < 4.78 is 18.3. The quantitative estimate of drug-likeness (QED) is 0.805. The summed E-state index contributed by atoms with van der Waals surface area (Å²) in [4.78, 5) is 10.8. The van der Waals surface area contributed by atoms with E-state index in [0.717, 1.165) is 12.5 Å². The van der Waals surface area contributed by atoms with Crippen molar-refractivity contribution >= 4 is 6.29 Å². The molecule has 4 heteroatoms. The predicted molar refractivity (Wildman–Crippen MR) is 69.9 cm³/mol. The van der Waals surface area contributed by atoms with Crippen LogP contribution in [0.1, 0.15) is 42.5 Å². The van der Waals surface area contributed by atoms with Gasteiger partial charge in [0.15, 0.2) is 6.29 Å². The van der Waals surface area contributed by atoms with E-state index in [2.05, 4.69) is 0 Å². The molecule has 0 saturated heterocycles. The monoisotopic (exact) mass is 266 g/mol. The topological polar surface area (TPSA) is 46.5 Å². The molecule has 1 aliphatic carbocycles. The average Bonchev–Trinajstić information content (AvgIpc) is 2.90. The fourth-order valence-corrected chi connectivity index (χ4v) is 2.63. The Morgan fingerprint density at radius 3 is 2.84 bits per heavy atom. The average molecular weight is 266 g/mol. The molecule has 2 rings (SSSR count). The highest BCUT2D eigenvalue weighted by molar-refractivity contribution is 5.79. The predicted octanol–water partition coefficient (Wildman–Crippen LogP) is 2.96. The first kappa shape index (κ1) is 14.0. The zero-order valence-electron chi connectivity index (χ0n) is 10.8. The van der Waals surface area contributed by atoms with Crippen molar-refractivity contribution in [1.82, 2.24) is 0 Å². The van der Waals surface area contributed by atoms with Crippen LogP contribution in [-0.4, -0.2) is 24.1 Å². The van der Waals surface area contributed by atoms with E-state index in [1.165, 1.54) is 37.8 Å². The van der Waals surface area contributed by atoms with Crippen molar-refractivity contribution in [2.45, 2.75) is 38.2 Å². The number of aliphatic hydroxyl groups is 1. The standard InChI is InChI=1S/C15H19FO3/c16-13-5-6-15(12(8-13)9-17)19-10-14(18)7-11-3-1-2-4-11/h5-6,8-9,11,14,18H,1-4,7,10H2. The molecule has 0 aliphatic heterocycles. The Morgan fingerprint density at radius 2 is 2.16 bits per heavy atom. The molecule has 0 bridgehead atoms. The fraction of sp³-hybridized carbons (Fsp3) is 0.533. The van der Waals surface area contributed by atoms with Crippen LogP contribution in [-0.2, 0) is 0 Å². The van der Waals surface area contributed by atoms with E-state index in [9.17, 15) is 14.3 Å². The van der Waals surface area contributed by atoms with E-state index < -0.39 is 11.9 Å². The lowest BCUT2D eigenvalue weighted by atomic mass is 10.0. The van der Waals surface area contributed by atoms with Crippen LogP contribution >= 0.6 is 0 Å². The first-order valence-corrected chi connectivity index (χ1v) is 6.74. The summed E-state index contributed by atoms with van der Waals surface area (Å²) in [6, 6.07) is 3.79. The molecule has 1 aromatic rings. The summed E-state index contributed by atoms with van der Waals surface area (Å²) in [6.07, 6.45) is 5.59. The van der Waals surface area contributed by atoms with Crippen molar-refractivity contribution in [3.05, 3.63) is 29.6 Å². The summed E-state index contributed by atoms with van der Waals surface area (Å²) in [5.41, 5.74) is 0.174. The summed E-state index contributed by atoms with van der Waals surface area (Å²) in [5, 5.41) is 9.90. The number of hydrogen-bond donors (Lipinski definition) is 1. The largest absolute Gasteiger partial charge is 0.490 e. The molecule has 1 aromatic carbocycles. The Hall–Kier alpha value is -1.42. The van der Waals surface area contributed by atoms with E-state index in [1.54, 1.807) is 0 Å². The van der Waals surface area contributed by atoms with Crippen molar-refractivity contribution in [2.24, 2.45) is 5.92 Å². The van der Waals surface area contributed by atoms with Crippen LogP contribution in [0.5, 0.6) is 5.75 Å². The number of benzene rings is 1. The second-order valence-electron chi connectivity index (χ2n) is 5.15. The van der Waals surface area contributed by atoms with Gasteiger partial charge >= 0.3 is 0 Å². The highest BCUT2D eigenvalue weighted by Gasteiger charge is 2.19. The maximum Gasteiger partial charge on any atom is 0.153 e. The Morgan fingerprint density at radius 1 is 1.42 bits per heavy atom. The number of halogens is 1. The van der Waals surface area contributed by atoms with Gasteiger partial charge in [-0.15, -0.1) is 0 Å². The van der Waals surface area contributed by atoms with Crippen LogP contribution in [0.4, 0.5) is 4.39 Å². The van der Waals surface area contributed by atoms with Crippen molar-refractivity contribution in [2.75, 3.05) is 6.61 Å². The second-order valence-corrected chi connectivity index (χ2v) is 5.15. The third kappa shape index (κ3) is 4.03. The van der Waals surface area contributed by atoms with Crippen LogP contribution < -0.4 is 4.74 Å². The van der Waals surface area contributed by atoms with Crippen LogP contribution in [0.2, 0.25) is 0 Å². The summed E-state index contributed by atoms with van der Waals surface area (Å²) in [7, 11) is 0. The molecule has 1 fully saturated rings. The van der Waals surface area contributed by atoms with Crippen LogP contribution in [0, 0.1) is 11.7 Å². The summed E-state index contributed by atoms with van der Waals surface area (Å²) in [5.74, 6) is 0.431. The second kappa shape index (κ2) is 6.66. The molecular formula is C15H19FO3. The van der Waals surface area contributed by atoms with Crippen molar-refractivity contribution in [1.29, 1.82) is 0 Å². The molecule has 3 nitrogen and oxygen atoms in total. The van der Waals surface area contributed by atoms with Crippen molar-refractivity contribution in [3.8, 4) is 5.75 Å². The molecule has 1 atom stereocenters. The number of carbonyl (C=O) groups excluding carboxylic acids is 1. The van der Waals surface area contributed by atoms with E-state index >= 15 is 0 Å². The van der Waals surface area contributed by atoms with Gasteiger partial charge in [-0.1, -0.05) is 25.7 Å². The van der Waals surface area contributed by atoms with Gasteiger partial charge in [-0.25, -0.2) is 4.39 Å². The van der Waals surface area contributed by atoms with Crippen molar-refractivity contribution in [3.63, 3.8) is 0 Å². The molecule has 0 radical (unpaired) electrons. The molecule has 1 unspecified atom stereocenters. The molecular weight excluding hydrogens is 247 g/mol. The van der Waals surface area contributed by atoms with Gasteiger partial charge in [0.05, 0.1) is 11.7 Å².